The third kappa shape index (κ3) is 3.13. The quantitative estimate of drug-likeness (QED) is 0.793. The van der Waals surface area contributed by atoms with Gasteiger partial charge in [0.05, 0.1) is 0 Å². The molecule has 0 aliphatic heterocycles. The second-order valence-corrected chi connectivity index (χ2v) is 6.12. The predicted molar refractivity (Wildman–Crippen MR) is 64.8 cm³/mol. The standard InChI is InChI=1S/C9H13N7S/c1-9(2,3)17-8-14-6(10)13-7(15-8)16-5-11-4-12-16/h4-5H,1-3H3,(H2,10,13,14,15). The molecule has 0 amide bonds. The first kappa shape index (κ1) is 11.8. The zero-order valence-corrected chi connectivity index (χ0v) is 10.6. The van der Waals surface area contributed by atoms with Gasteiger partial charge in [-0.05, 0) is 0 Å². The second-order valence-electron chi connectivity index (χ2n) is 4.33. The number of anilines is 1. The maximum Gasteiger partial charge on any atom is 0.257 e. The third-order valence-electron chi connectivity index (χ3n) is 1.64. The second kappa shape index (κ2) is 4.28. The number of aromatic nitrogens is 6. The molecule has 0 saturated heterocycles. The average Bonchev–Trinajstić information content (AvgIpc) is 2.65. The number of hydrogen-bond donors (Lipinski definition) is 1. The minimum Gasteiger partial charge on any atom is -0.368 e. The SMILES string of the molecule is CC(C)(C)Sc1nc(N)nc(-n2cncn2)n1. The highest BCUT2D eigenvalue weighted by molar-refractivity contribution is 8.00. The highest BCUT2D eigenvalue weighted by Gasteiger charge is 2.16. The van der Waals surface area contributed by atoms with E-state index in [1.165, 1.54) is 29.1 Å². The molecular formula is C9H13N7S. The molecule has 2 aromatic rings. The van der Waals surface area contributed by atoms with Crippen LogP contribution >= 0.6 is 11.8 Å². The molecular weight excluding hydrogens is 238 g/mol. The van der Waals surface area contributed by atoms with Gasteiger partial charge in [-0.1, -0.05) is 32.5 Å². The highest BCUT2D eigenvalue weighted by Crippen LogP contribution is 2.29. The normalized spacial score (nSPS) is 11.7. The molecule has 0 bridgehead atoms. The van der Waals surface area contributed by atoms with Crippen LogP contribution in [0.1, 0.15) is 20.8 Å². The summed E-state index contributed by atoms with van der Waals surface area (Å²) < 4.78 is 1.46. The van der Waals surface area contributed by atoms with Crippen molar-refractivity contribution >= 4 is 17.7 Å². The van der Waals surface area contributed by atoms with Crippen LogP contribution in [0.5, 0.6) is 0 Å². The minimum absolute atomic E-state index is 0.00737. The lowest BCUT2D eigenvalue weighted by atomic mass is 10.3. The first-order chi connectivity index (χ1) is 7.94. The summed E-state index contributed by atoms with van der Waals surface area (Å²) in [6.45, 7) is 6.23. The van der Waals surface area contributed by atoms with Gasteiger partial charge in [0.25, 0.3) is 5.95 Å². The predicted octanol–water partition coefficient (Wildman–Crippen LogP) is 0.925. The van der Waals surface area contributed by atoms with E-state index in [1.807, 2.05) is 0 Å². The van der Waals surface area contributed by atoms with Gasteiger partial charge < -0.3 is 5.73 Å². The Hall–Kier alpha value is -1.70. The Bertz CT molecular complexity index is 503. The summed E-state index contributed by atoms with van der Waals surface area (Å²) in [5.41, 5.74) is 5.65. The molecule has 2 rings (SSSR count). The van der Waals surface area contributed by atoms with E-state index in [1.54, 1.807) is 0 Å². The maximum atomic E-state index is 5.65. The molecule has 2 N–H and O–H groups in total. The molecule has 0 aromatic carbocycles. The Morgan fingerprint density at radius 2 is 2.00 bits per heavy atom. The number of nitrogens with zero attached hydrogens (tertiary/aromatic N) is 6. The van der Waals surface area contributed by atoms with Gasteiger partial charge in [-0.2, -0.15) is 24.7 Å². The molecule has 8 heteroatoms. The zero-order chi connectivity index (χ0) is 12.5. The van der Waals surface area contributed by atoms with Gasteiger partial charge in [-0.3, -0.25) is 0 Å². The van der Waals surface area contributed by atoms with Crippen molar-refractivity contribution in [2.75, 3.05) is 5.73 Å². The van der Waals surface area contributed by atoms with Crippen LogP contribution < -0.4 is 5.73 Å². The minimum atomic E-state index is 0.00737. The van der Waals surface area contributed by atoms with Gasteiger partial charge in [0, 0.05) is 4.75 Å². The molecule has 90 valence electrons. The molecule has 0 radical (unpaired) electrons. The number of hydrogen-bond acceptors (Lipinski definition) is 7. The van der Waals surface area contributed by atoms with Gasteiger partial charge in [0.1, 0.15) is 12.7 Å². The van der Waals surface area contributed by atoms with Crippen molar-refractivity contribution in [3.05, 3.63) is 12.7 Å². The molecule has 17 heavy (non-hydrogen) atoms. The molecule has 0 fully saturated rings. The number of rotatable bonds is 2. The fourth-order valence-corrected chi connectivity index (χ4v) is 1.91. The van der Waals surface area contributed by atoms with Crippen LogP contribution in [0.25, 0.3) is 5.95 Å². The average molecular weight is 251 g/mol. The van der Waals surface area contributed by atoms with E-state index in [4.69, 9.17) is 5.73 Å². The summed E-state index contributed by atoms with van der Waals surface area (Å²) in [5.74, 6) is 0.555. The van der Waals surface area contributed by atoms with E-state index in [9.17, 15) is 0 Å². The van der Waals surface area contributed by atoms with Crippen molar-refractivity contribution in [2.45, 2.75) is 30.7 Å². The number of thioether (sulfide) groups is 1. The molecule has 0 aliphatic carbocycles. The van der Waals surface area contributed by atoms with E-state index in [0.717, 1.165) is 0 Å². The van der Waals surface area contributed by atoms with Crippen LogP contribution in [0.15, 0.2) is 17.8 Å². The van der Waals surface area contributed by atoms with E-state index in [2.05, 4.69) is 45.8 Å². The van der Waals surface area contributed by atoms with Gasteiger partial charge >= 0.3 is 0 Å². The van der Waals surface area contributed by atoms with Crippen LogP contribution in [0.2, 0.25) is 0 Å². The van der Waals surface area contributed by atoms with Crippen molar-refractivity contribution in [1.29, 1.82) is 0 Å². The van der Waals surface area contributed by atoms with E-state index in [-0.39, 0.29) is 10.7 Å². The summed E-state index contributed by atoms with van der Waals surface area (Å²) in [6, 6.07) is 0. The van der Waals surface area contributed by atoms with E-state index < -0.39 is 0 Å². The summed E-state index contributed by atoms with van der Waals surface area (Å²) >= 11 is 1.52. The summed E-state index contributed by atoms with van der Waals surface area (Å²) in [4.78, 5) is 16.2. The van der Waals surface area contributed by atoms with Gasteiger partial charge in [-0.15, -0.1) is 0 Å². The van der Waals surface area contributed by atoms with Crippen LogP contribution in [0.4, 0.5) is 5.95 Å². The third-order valence-corrected chi connectivity index (χ3v) is 2.62. The Kier molecular flexibility index (Phi) is 2.97. The summed E-state index contributed by atoms with van der Waals surface area (Å²) in [7, 11) is 0. The van der Waals surface area contributed by atoms with Crippen molar-refractivity contribution in [1.82, 2.24) is 29.7 Å². The van der Waals surface area contributed by atoms with Crippen molar-refractivity contribution < 1.29 is 0 Å². The number of nitrogens with two attached hydrogens (primary N) is 1. The lowest BCUT2D eigenvalue weighted by Gasteiger charge is -2.16. The Labute approximate surface area is 103 Å². The molecule has 0 atom stereocenters. The molecule has 2 heterocycles. The largest absolute Gasteiger partial charge is 0.368 e. The first-order valence-corrected chi connectivity index (χ1v) is 5.81. The molecule has 7 nitrogen and oxygen atoms in total. The Balaban J connectivity index is 2.36. The van der Waals surface area contributed by atoms with Crippen molar-refractivity contribution in [3.8, 4) is 5.95 Å². The smallest absolute Gasteiger partial charge is 0.257 e. The topological polar surface area (TPSA) is 95.4 Å². The van der Waals surface area contributed by atoms with Crippen LogP contribution in [0.3, 0.4) is 0 Å². The monoisotopic (exact) mass is 251 g/mol. The van der Waals surface area contributed by atoms with Crippen LogP contribution in [-0.4, -0.2) is 34.5 Å². The molecule has 0 aliphatic rings. The molecule has 0 spiro atoms. The van der Waals surface area contributed by atoms with Crippen molar-refractivity contribution in [2.24, 2.45) is 0 Å². The van der Waals surface area contributed by atoms with Gasteiger partial charge in [0.2, 0.25) is 5.95 Å². The Morgan fingerprint density at radius 3 is 2.59 bits per heavy atom. The van der Waals surface area contributed by atoms with Crippen LogP contribution in [-0.2, 0) is 0 Å². The molecule has 0 unspecified atom stereocenters. The van der Waals surface area contributed by atoms with Gasteiger partial charge in [0.15, 0.2) is 5.16 Å². The highest BCUT2D eigenvalue weighted by atomic mass is 32.2. The fourth-order valence-electron chi connectivity index (χ4n) is 1.09. The molecule has 2 aromatic heterocycles. The van der Waals surface area contributed by atoms with Crippen molar-refractivity contribution in [3.63, 3.8) is 0 Å². The first-order valence-electron chi connectivity index (χ1n) is 4.99. The van der Waals surface area contributed by atoms with Gasteiger partial charge in [-0.25, -0.2) is 4.98 Å². The Morgan fingerprint density at radius 1 is 1.24 bits per heavy atom. The fraction of sp³-hybridized carbons (Fsp3) is 0.444. The van der Waals surface area contributed by atoms with E-state index >= 15 is 0 Å². The lowest BCUT2D eigenvalue weighted by molar-refractivity contribution is 0.749. The van der Waals surface area contributed by atoms with Crippen LogP contribution in [0, 0.1) is 0 Å². The maximum absolute atomic E-state index is 5.65. The zero-order valence-electron chi connectivity index (χ0n) is 9.82. The number of nitrogen functional groups attached to an aromatic ring is 1. The summed E-state index contributed by atoms with van der Waals surface area (Å²) in [5, 5.41) is 4.53. The van der Waals surface area contributed by atoms with E-state index in [0.29, 0.717) is 11.1 Å². The lowest BCUT2D eigenvalue weighted by Crippen LogP contribution is -2.12. The summed E-state index contributed by atoms with van der Waals surface area (Å²) in [6.07, 6.45) is 2.93. The molecule has 0 saturated carbocycles.